The van der Waals surface area contributed by atoms with Crippen molar-refractivity contribution in [3.05, 3.63) is 35.1 Å². The molecule has 3 aliphatic rings. The van der Waals surface area contributed by atoms with Crippen LogP contribution in [0.25, 0.3) is 0 Å². The Hall–Kier alpha value is -1.79. The third-order valence-electron chi connectivity index (χ3n) is 5.06. The van der Waals surface area contributed by atoms with Gasteiger partial charge in [0, 0.05) is 25.4 Å². The number of Topliss-reactive ketones (excluding diaryl/α,β-unsaturated/α-hetero) is 1. The topological polar surface area (TPSA) is 55.8 Å². The number of halogens is 1. The zero-order chi connectivity index (χ0) is 17.1. The molecule has 3 heterocycles. The summed E-state index contributed by atoms with van der Waals surface area (Å²) >= 11 is 0. The molecule has 3 aliphatic heterocycles. The number of hydrogen-bond donors (Lipinski definition) is 0. The second-order valence-electron chi connectivity index (χ2n) is 7.21. The van der Waals surface area contributed by atoms with Crippen molar-refractivity contribution in [3.8, 4) is 0 Å². The van der Waals surface area contributed by atoms with E-state index < -0.39 is 18.0 Å². The van der Waals surface area contributed by atoms with Crippen LogP contribution in [0.1, 0.15) is 43.7 Å². The second-order valence-corrected chi connectivity index (χ2v) is 7.21. The molecule has 24 heavy (non-hydrogen) atoms. The lowest BCUT2D eigenvalue weighted by atomic mass is 9.86. The van der Waals surface area contributed by atoms with Crippen LogP contribution in [-0.2, 0) is 25.6 Å². The first-order valence-electron chi connectivity index (χ1n) is 8.29. The highest BCUT2D eigenvalue weighted by atomic mass is 19.1. The fourth-order valence-electron chi connectivity index (χ4n) is 4.01. The van der Waals surface area contributed by atoms with Crippen LogP contribution in [0.15, 0.2) is 18.2 Å². The van der Waals surface area contributed by atoms with Gasteiger partial charge >= 0.3 is 0 Å². The summed E-state index contributed by atoms with van der Waals surface area (Å²) in [6.07, 6.45) is -0.663. The minimum atomic E-state index is -0.890. The Labute approximate surface area is 139 Å². The Kier molecular flexibility index (Phi) is 3.51. The summed E-state index contributed by atoms with van der Waals surface area (Å²) < 4.78 is 25.2. The molecular formula is C18H20FNO4. The van der Waals surface area contributed by atoms with Crippen LogP contribution in [0.4, 0.5) is 4.39 Å². The largest absolute Gasteiger partial charge is 0.344 e. The molecule has 0 aromatic heterocycles. The van der Waals surface area contributed by atoms with Gasteiger partial charge in [0.1, 0.15) is 17.7 Å². The van der Waals surface area contributed by atoms with Gasteiger partial charge in [0.2, 0.25) is 0 Å². The first-order chi connectivity index (χ1) is 11.3. The van der Waals surface area contributed by atoms with Gasteiger partial charge in [-0.15, -0.1) is 0 Å². The maximum Gasteiger partial charge on any atom is 0.254 e. The summed E-state index contributed by atoms with van der Waals surface area (Å²) in [5.74, 6) is -1.74. The number of benzene rings is 1. The molecule has 6 heteroatoms. The second kappa shape index (κ2) is 5.36. The van der Waals surface area contributed by atoms with Gasteiger partial charge in [0.05, 0.1) is 0 Å². The van der Waals surface area contributed by atoms with Crippen LogP contribution in [-0.4, -0.2) is 41.1 Å². The van der Waals surface area contributed by atoms with Crippen molar-refractivity contribution >= 4 is 11.7 Å². The van der Waals surface area contributed by atoms with E-state index in [2.05, 4.69) is 0 Å². The van der Waals surface area contributed by atoms with Crippen molar-refractivity contribution in [1.82, 2.24) is 4.90 Å². The number of carbonyl (C=O) groups is 2. The molecule has 3 atom stereocenters. The Balaban J connectivity index is 1.79. The van der Waals surface area contributed by atoms with Crippen LogP contribution < -0.4 is 0 Å². The SMILES string of the molecule is CC1(C)OC2CC(=O)C3CCN(Cc4cc(F)ccc43)C(=O)C2O1. The number of hydrogen-bond acceptors (Lipinski definition) is 4. The molecule has 0 N–H and O–H groups in total. The molecule has 5 nitrogen and oxygen atoms in total. The molecule has 2 bridgehead atoms. The predicted octanol–water partition coefficient (Wildman–Crippen LogP) is 2.13. The molecular weight excluding hydrogens is 313 g/mol. The van der Waals surface area contributed by atoms with E-state index in [1.165, 1.54) is 12.1 Å². The number of nitrogens with zero attached hydrogens (tertiary/aromatic N) is 1. The summed E-state index contributed by atoms with van der Waals surface area (Å²) in [7, 11) is 0. The maximum atomic E-state index is 13.7. The summed E-state index contributed by atoms with van der Waals surface area (Å²) in [6.45, 7) is 4.24. The molecule has 4 rings (SSSR count). The number of ketones is 1. The highest BCUT2D eigenvalue weighted by molar-refractivity contribution is 5.90. The van der Waals surface area contributed by atoms with Crippen LogP contribution in [0.2, 0.25) is 0 Å². The molecule has 1 aromatic rings. The highest BCUT2D eigenvalue weighted by Gasteiger charge is 2.49. The van der Waals surface area contributed by atoms with Gasteiger partial charge in [-0.05, 0) is 43.5 Å². The number of amides is 1. The van der Waals surface area contributed by atoms with E-state index >= 15 is 0 Å². The third-order valence-corrected chi connectivity index (χ3v) is 5.06. The lowest BCUT2D eigenvalue weighted by Gasteiger charge is -2.26. The molecule has 0 radical (unpaired) electrons. The van der Waals surface area contributed by atoms with Gasteiger partial charge in [-0.2, -0.15) is 0 Å². The molecule has 0 spiro atoms. The molecule has 2 fully saturated rings. The van der Waals surface area contributed by atoms with E-state index in [1.807, 2.05) is 0 Å². The third kappa shape index (κ3) is 2.54. The molecule has 1 aromatic carbocycles. The lowest BCUT2D eigenvalue weighted by Crippen LogP contribution is -2.43. The van der Waals surface area contributed by atoms with E-state index in [0.29, 0.717) is 25.1 Å². The Morgan fingerprint density at radius 2 is 2.04 bits per heavy atom. The summed E-state index contributed by atoms with van der Waals surface area (Å²) in [5, 5.41) is 0. The molecule has 0 saturated carbocycles. The number of fused-ring (bicyclic) bond motifs is 6. The van der Waals surface area contributed by atoms with Gasteiger partial charge < -0.3 is 14.4 Å². The van der Waals surface area contributed by atoms with Crippen molar-refractivity contribution in [3.63, 3.8) is 0 Å². The number of ether oxygens (including phenoxy) is 2. The van der Waals surface area contributed by atoms with Gasteiger partial charge in [0.15, 0.2) is 11.9 Å². The molecule has 2 saturated heterocycles. The smallest absolute Gasteiger partial charge is 0.254 e. The van der Waals surface area contributed by atoms with Crippen LogP contribution >= 0.6 is 0 Å². The van der Waals surface area contributed by atoms with E-state index in [1.54, 1.807) is 24.8 Å². The van der Waals surface area contributed by atoms with E-state index in [9.17, 15) is 14.0 Å². The van der Waals surface area contributed by atoms with E-state index in [-0.39, 0.29) is 29.8 Å². The summed E-state index contributed by atoms with van der Waals surface area (Å²) in [5.41, 5.74) is 1.53. The summed E-state index contributed by atoms with van der Waals surface area (Å²) in [6, 6.07) is 4.48. The maximum absolute atomic E-state index is 13.7. The number of carbonyl (C=O) groups excluding carboxylic acids is 2. The monoisotopic (exact) mass is 333 g/mol. The highest BCUT2D eigenvalue weighted by Crippen LogP contribution is 2.38. The van der Waals surface area contributed by atoms with E-state index in [4.69, 9.17) is 9.47 Å². The van der Waals surface area contributed by atoms with Crippen molar-refractivity contribution in [2.24, 2.45) is 0 Å². The fourth-order valence-corrected chi connectivity index (χ4v) is 4.01. The van der Waals surface area contributed by atoms with Gasteiger partial charge in [-0.3, -0.25) is 9.59 Å². The minimum absolute atomic E-state index is 0.0238. The van der Waals surface area contributed by atoms with Crippen molar-refractivity contribution < 1.29 is 23.5 Å². The Morgan fingerprint density at radius 1 is 1.25 bits per heavy atom. The zero-order valence-corrected chi connectivity index (χ0v) is 13.8. The van der Waals surface area contributed by atoms with Gasteiger partial charge in [0.25, 0.3) is 5.91 Å². The molecule has 128 valence electrons. The normalized spacial score (nSPS) is 31.8. The quantitative estimate of drug-likeness (QED) is 0.730. The van der Waals surface area contributed by atoms with Crippen molar-refractivity contribution in [1.29, 1.82) is 0 Å². The zero-order valence-electron chi connectivity index (χ0n) is 13.8. The first kappa shape index (κ1) is 15.7. The van der Waals surface area contributed by atoms with Gasteiger partial charge in [-0.1, -0.05) is 6.07 Å². The number of rotatable bonds is 0. The van der Waals surface area contributed by atoms with Crippen LogP contribution in [0.3, 0.4) is 0 Å². The summed E-state index contributed by atoms with van der Waals surface area (Å²) in [4.78, 5) is 27.5. The van der Waals surface area contributed by atoms with Crippen molar-refractivity contribution in [2.45, 2.75) is 57.1 Å². The Bertz CT molecular complexity index is 717. The average molecular weight is 333 g/mol. The van der Waals surface area contributed by atoms with Crippen molar-refractivity contribution in [2.75, 3.05) is 6.54 Å². The molecule has 3 unspecified atom stereocenters. The van der Waals surface area contributed by atoms with Crippen LogP contribution in [0, 0.1) is 5.82 Å². The van der Waals surface area contributed by atoms with Crippen LogP contribution in [0.5, 0.6) is 0 Å². The molecule has 1 amide bonds. The van der Waals surface area contributed by atoms with Gasteiger partial charge in [-0.25, -0.2) is 4.39 Å². The lowest BCUT2D eigenvalue weighted by molar-refractivity contribution is -0.162. The minimum Gasteiger partial charge on any atom is -0.344 e. The standard InChI is InChI=1S/C18H20FNO4/c1-18(2)23-15-8-14(21)13-5-6-20(17(22)16(15)24-18)9-10-7-11(19)3-4-12(10)13/h3-4,7,13,15-16H,5-6,8-9H2,1-2H3. The Morgan fingerprint density at radius 3 is 2.83 bits per heavy atom. The molecule has 0 aliphatic carbocycles. The average Bonchev–Trinajstić information content (AvgIpc) is 2.71. The van der Waals surface area contributed by atoms with E-state index in [0.717, 1.165) is 5.56 Å². The predicted molar refractivity (Wildman–Crippen MR) is 82.6 cm³/mol. The fraction of sp³-hybridized carbons (Fsp3) is 0.556. The first-order valence-corrected chi connectivity index (χ1v) is 8.29.